The SMILES string of the molecule is CN1CCN(C(=O)c2ccc3nc4n(c3c2)CCN(C2=CC=C2)CC4)CC1. The van der Waals surface area contributed by atoms with Gasteiger partial charge in [0.25, 0.3) is 5.91 Å². The van der Waals surface area contributed by atoms with Crippen LogP contribution in [0.25, 0.3) is 11.0 Å². The van der Waals surface area contributed by atoms with Crippen LogP contribution in [0.4, 0.5) is 0 Å². The van der Waals surface area contributed by atoms with E-state index in [1.165, 1.54) is 5.70 Å². The van der Waals surface area contributed by atoms with Crippen LogP contribution in [0.3, 0.4) is 0 Å². The van der Waals surface area contributed by atoms with Crippen molar-refractivity contribution in [2.24, 2.45) is 0 Å². The Bertz CT molecular complexity index is 949. The number of fused-ring (bicyclic) bond motifs is 3. The predicted octanol–water partition coefficient (Wildman–Crippen LogP) is 1.74. The summed E-state index contributed by atoms with van der Waals surface area (Å²) in [4.78, 5) is 24.4. The number of hydrogen-bond acceptors (Lipinski definition) is 4. The fourth-order valence-electron chi connectivity index (χ4n) is 4.16. The molecule has 1 aliphatic carbocycles. The summed E-state index contributed by atoms with van der Waals surface area (Å²) in [6, 6.07) is 5.99. The van der Waals surface area contributed by atoms with E-state index in [0.717, 1.165) is 74.7 Å². The first-order valence-electron chi connectivity index (χ1n) is 9.79. The zero-order valence-electron chi connectivity index (χ0n) is 15.8. The molecule has 2 aliphatic heterocycles. The molecule has 1 aromatic heterocycles. The highest BCUT2D eigenvalue weighted by Crippen LogP contribution is 2.24. The third kappa shape index (κ3) is 2.94. The van der Waals surface area contributed by atoms with Crippen LogP contribution in [0.1, 0.15) is 16.2 Å². The smallest absolute Gasteiger partial charge is 0.254 e. The van der Waals surface area contributed by atoms with Gasteiger partial charge >= 0.3 is 0 Å². The van der Waals surface area contributed by atoms with Crippen molar-refractivity contribution >= 4 is 16.9 Å². The van der Waals surface area contributed by atoms with Crippen molar-refractivity contribution in [2.75, 3.05) is 46.3 Å². The minimum absolute atomic E-state index is 0.139. The minimum Gasteiger partial charge on any atom is -0.369 e. The van der Waals surface area contributed by atoms with Gasteiger partial charge in [-0.3, -0.25) is 4.79 Å². The van der Waals surface area contributed by atoms with Gasteiger partial charge in [0, 0.05) is 63.5 Å². The van der Waals surface area contributed by atoms with Gasteiger partial charge in [-0.05, 0) is 37.4 Å². The van der Waals surface area contributed by atoms with E-state index in [0.29, 0.717) is 0 Å². The Labute approximate surface area is 159 Å². The lowest BCUT2D eigenvalue weighted by Gasteiger charge is -2.32. The van der Waals surface area contributed by atoms with Gasteiger partial charge in [-0.25, -0.2) is 4.98 Å². The molecule has 1 fully saturated rings. The number of benzene rings is 1. The van der Waals surface area contributed by atoms with Crippen LogP contribution in [-0.4, -0.2) is 76.5 Å². The molecule has 0 bridgehead atoms. The second kappa shape index (κ2) is 6.53. The second-order valence-electron chi connectivity index (χ2n) is 7.67. The van der Waals surface area contributed by atoms with Crippen LogP contribution >= 0.6 is 0 Å². The van der Waals surface area contributed by atoms with Crippen molar-refractivity contribution in [1.82, 2.24) is 24.3 Å². The molecule has 0 saturated carbocycles. The van der Waals surface area contributed by atoms with Gasteiger partial charge in [-0.2, -0.15) is 0 Å². The first-order valence-corrected chi connectivity index (χ1v) is 9.79. The summed E-state index contributed by atoms with van der Waals surface area (Å²) in [5.41, 5.74) is 4.18. The van der Waals surface area contributed by atoms with Crippen LogP contribution in [0, 0.1) is 0 Å². The van der Waals surface area contributed by atoms with Crippen molar-refractivity contribution in [3.05, 3.63) is 53.5 Å². The lowest BCUT2D eigenvalue weighted by molar-refractivity contribution is 0.0664. The fraction of sp³-hybridized carbons (Fsp3) is 0.429. The minimum atomic E-state index is 0.139. The first kappa shape index (κ1) is 16.6. The van der Waals surface area contributed by atoms with Crippen LogP contribution in [0.15, 0.2) is 42.1 Å². The molecule has 0 atom stereocenters. The summed E-state index contributed by atoms with van der Waals surface area (Å²) in [6.07, 6.45) is 7.35. The van der Waals surface area contributed by atoms with E-state index < -0.39 is 0 Å². The summed E-state index contributed by atoms with van der Waals surface area (Å²) in [5, 5.41) is 0. The number of allylic oxidation sites excluding steroid dienone is 3. The molecule has 1 amide bonds. The van der Waals surface area contributed by atoms with Gasteiger partial charge in [0.1, 0.15) is 5.82 Å². The molecule has 0 radical (unpaired) electrons. The van der Waals surface area contributed by atoms with E-state index in [1.807, 2.05) is 23.1 Å². The zero-order chi connectivity index (χ0) is 18.4. The van der Waals surface area contributed by atoms with Crippen molar-refractivity contribution in [2.45, 2.75) is 13.0 Å². The number of carbonyl (C=O) groups is 1. The summed E-state index contributed by atoms with van der Waals surface area (Å²) in [6.45, 7) is 6.36. The Hall–Kier alpha value is -2.60. The lowest BCUT2D eigenvalue weighted by Crippen LogP contribution is -2.47. The molecule has 0 unspecified atom stereocenters. The molecule has 6 nitrogen and oxygen atoms in total. The van der Waals surface area contributed by atoms with Crippen LogP contribution in [0.2, 0.25) is 0 Å². The maximum atomic E-state index is 13.0. The predicted molar refractivity (Wildman–Crippen MR) is 106 cm³/mol. The molecule has 1 aromatic carbocycles. The fourth-order valence-corrected chi connectivity index (χ4v) is 4.16. The van der Waals surface area contributed by atoms with Crippen LogP contribution in [-0.2, 0) is 13.0 Å². The average Bonchev–Trinajstić information content (AvgIpc) is 2.86. The molecule has 3 aliphatic rings. The monoisotopic (exact) mass is 363 g/mol. The van der Waals surface area contributed by atoms with Gasteiger partial charge in [0.15, 0.2) is 0 Å². The number of carbonyl (C=O) groups excluding carboxylic acids is 1. The lowest BCUT2D eigenvalue weighted by atomic mass is 10.1. The quantitative estimate of drug-likeness (QED) is 0.815. The standard InChI is InChI=1S/C21H25N5O/c1-23-9-11-25(12-10-23)21(27)16-5-6-18-19(15-16)26-14-13-24(17-3-2-4-17)8-7-20(26)22-18/h2-6,15H,7-14H2,1H3. The number of amides is 1. The van der Waals surface area contributed by atoms with Gasteiger partial charge in [-0.15, -0.1) is 0 Å². The Morgan fingerprint density at radius 1 is 1.04 bits per heavy atom. The molecule has 1 saturated heterocycles. The first-order chi connectivity index (χ1) is 13.2. The number of imidazole rings is 1. The number of piperazine rings is 1. The molecule has 5 rings (SSSR count). The molecular formula is C21H25N5O. The second-order valence-corrected chi connectivity index (χ2v) is 7.67. The molecule has 27 heavy (non-hydrogen) atoms. The molecule has 0 spiro atoms. The van der Waals surface area contributed by atoms with E-state index in [1.54, 1.807) is 0 Å². The highest BCUT2D eigenvalue weighted by molar-refractivity contribution is 5.97. The number of hydrogen-bond donors (Lipinski definition) is 0. The van der Waals surface area contributed by atoms with E-state index in [9.17, 15) is 4.79 Å². The number of aromatic nitrogens is 2. The number of nitrogens with zero attached hydrogens (tertiary/aromatic N) is 5. The normalized spacial score (nSPS) is 20.3. The Kier molecular flexibility index (Phi) is 4.01. The molecule has 2 aromatic rings. The average molecular weight is 363 g/mol. The third-order valence-corrected chi connectivity index (χ3v) is 5.96. The molecule has 140 valence electrons. The van der Waals surface area contributed by atoms with Crippen molar-refractivity contribution in [3.8, 4) is 0 Å². The maximum absolute atomic E-state index is 13.0. The molecule has 0 N–H and O–H groups in total. The summed E-state index contributed by atoms with van der Waals surface area (Å²) in [7, 11) is 2.11. The van der Waals surface area contributed by atoms with E-state index >= 15 is 0 Å². The highest BCUT2D eigenvalue weighted by atomic mass is 16.2. The van der Waals surface area contributed by atoms with E-state index in [2.05, 4.69) is 39.6 Å². The van der Waals surface area contributed by atoms with Gasteiger partial charge in [-0.1, -0.05) is 6.08 Å². The van der Waals surface area contributed by atoms with Gasteiger partial charge in [0.2, 0.25) is 0 Å². The van der Waals surface area contributed by atoms with Crippen LogP contribution < -0.4 is 0 Å². The Balaban J connectivity index is 1.41. The Morgan fingerprint density at radius 3 is 2.59 bits per heavy atom. The summed E-state index contributed by atoms with van der Waals surface area (Å²) in [5.74, 6) is 1.26. The van der Waals surface area contributed by atoms with Crippen molar-refractivity contribution in [1.29, 1.82) is 0 Å². The summed E-state index contributed by atoms with van der Waals surface area (Å²) < 4.78 is 2.30. The molecule has 6 heteroatoms. The largest absolute Gasteiger partial charge is 0.369 e. The Morgan fingerprint density at radius 2 is 1.85 bits per heavy atom. The maximum Gasteiger partial charge on any atom is 0.254 e. The van der Waals surface area contributed by atoms with Gasteiger partial charge in [0.05, 0.1) is 11.0 Å². The number of rotatable bonds is 2. The van der Waals surface area contributed by atoms with Crippen molar-refractivity contribution < 1.29 is 4.79 Å². The molecule has 3 heterocycles. The topological polar surface area (TPSA) is 44.6 Å². The zero-order valence-corrected chi connectivity index (χ0v) is 15.8. The van der Waals surface area contributed by atoms with Crippen molar-refractivity contribution in [3.63, 3.8) is 0 Å². The highest BCUT2D eigenvalue weighted by Gasteiger charge is 2.23. The van der Waals surface area contributed by atoms with E-state index in [-0.39, 0.29) is 5.91 Å². The molecular weight excluding hydrogens is 338 g/mol. The van der Waals surface area contributed by atoms with Crippen LogP contribution in [0.5, 0.6) is 0 Å². The van der Waals surface area contributed by atoms with E-state index in [4.69, 9.17) is 4.98 Å². The number of likely N-dealkylation sites (N-methyl/N-ethyl adjacent to an activating group) is 1. The third-order valence-electron chi connectivity index (χ3n) is 5.96. The summed E-state index contributed by atoms with van der Waals surface area (Å²) >= 11 is 0. The van der Waals surface area contributed by atoms with Gasteiger partial charge < -0.3 is 19.3 Å².